The van der Waals surface area contributed by atoms with Crippen LogP contribution in [0.25, 0.3) is 6.08 Å². The van der Waals surface area contributed by atoms with E-state index >= 15 is 0 Å². The molecular weight excluding hydrogens is 344 g/mol. The Morgan fingerprint density at radius 2 is 1.52 bits per heavy atom. The molecular formula is C22H22O5. The molecule has 0 radical (unpaired) electrons. The van der Waals surface area contributed by atoms with Gasteiger partial charge in [0, 0.05) is 6.42 Å². The van der Waals surface area contributed by atoms with E-state index in [0.717, 1.165) is 11.1 Å². The monoisotopic (exact) mass is 366 g/mol. The predicted molar refractivity (Wildman–Crippen MR) is 101 cm³/mol. The molecule has 5 heteroatoms. The average Bonchev–Trinajstić information content (AvgIpc) is 3.13. The summed E-state index contributed by atoms with van der Waals surface area (Å²) in [5.74, 6) is -1.31. The zero-order valence-electron chi connectivity index (χ0n) is 15.3. The van der Waals surface area contributed by atoms with Gasteiger partial charge >= 0.3 is 11.9 Å². The van der Waals surface area contributed by atoms with Crippen molar-refractivity contribution in [1.82, 2.24) is 0 Å². The minimum atomic E-state index is -1.55. The summed E-state index contributed by atoms with van der Waals surface area (Å²) in [6.45, 7) is 0. The summed E-state index contributed by atoms with van der Waals surface area (Å²) in [6, 6.07) is 18.9. The minimum absolute atomic E-state index is 0.148. The summed E-state index contributed by atoms with van der Waals surface area (Å²) < 4.78 is 16.1. The fourth-order valence-electron chi connectivity index (χ4n) is 3.48. The Morgan fingerprint density at radius 1 is 0.963 bits per heavy atom. The van der Waals surface area contributed by atoms with Crippen molar-refractivity contribution >= 4 is 18.0 Å². The van der Waals surface area contributed by atoms with Crippen LogP contribution in [0.4, 0.5) is 0 Å². The third-order valence-corrected chi connectivity index (χ3v) is 4.79. The molecule has 140 valence electrons. The van der Waals surface area contributed by atoms with Crippen LogP contribution in [-0.4, -0.2) is 32.3 Å². The first kappa shape index (κ1) is 18.9. The van der Waals surface area contributed by atoms with E-state index in [2.05, 4.69) is 0 Å². The van der Waals surface area contributed by atoms with Crippen molar-refractivity contribution in [3.63, 3.8) is 0 Å². The lowest BCUT2D eigenvalue weighted by atomic mass is 9.77. The van der Waals surface area contributed by atoms with Gasteiger partial charge in [-0.15, -0.1) is 0 Å². The van der Waals surface area contributed by atoms with Gasteiger partial charge in [0.05, 0.1) is 20.3 Å². The number of carbonyl (C=O) groups excluding carboxylic acids is 2. The quantitative estimate of drug-likeness (QED) is 0.598. The molecule has 0 spiro atoms. The molecule has 0 aromatic heterocycles. The van der Waals surface area contributed by atoms with E-state index < -0.39 is 29.6 Å². The molecule has 1 saturated heterocycles. The third kappa shape index (κ3) is 3.64. The minimum Gasteiger partial charge on any atom is -0.468 e. The van der Waals surface area contributed by atoms with Crippen LogP contribution in [0.1, 0.15) is 23.7 Å². The van der Waals surface area contributed by atoms with Gasteiger partial charge in [0.2, 0.25) is 0 Å². The van der Waals surface area contributed by atoms with E-state index in [1.165, 1.54) is 14.2 Å². The SMILES string of the molecule is COC(=O)C1(C(=O)OC)C[C@@H](/C=C/c2ccccc2)O[C@H]1c1ccccc1. The van der Waals surface area contributed by atoms with Crippen LogP contribution in [0.15, 0.2) is 66.7 Å². The second kappa shape index (κ2) is 8.18. The molecule has 0 bridgehead atoms. The molecule has 0 N–H and O–H groups in total. The maximum absolute atomic E-state index is 12.7. The van der Waals surface area contributed by atoms with Crippen molar-refractivity contribution in [2.45, 2.75) is 18.6 Å². The van der Waals surface area contributed by atoms with E-state index in [0.29, 0.717) is 0 Å². The first-order chi connectivity index (χ1) is 13.1. The van der Waals surface area contributed by atoms with Gasteiger partial charge in [0.15, 0.2) is 5.41 Å². The Hall–Kier alpha value is -2.92. The van der Waals surface area contributed by atoms with Gasteiger partial charge in [0.25, 0.3) is 0 Å². The summed E-state index contributed by atoms with van der Waals surface area (Å²) in [7, 11) is 2.53. The Labute approximate surface area is 158 Å². The first-order valence-electron chi connectivity index (χ1n) is 8.72. The highest BCUT2D eigenvalue weighted by molar-refractivity contribution is 6.01. The molecule has 1 fully saturated rings. The van der Waals surface area contributed by atoms with Crippen LogP contribution in [0.2, 0.25) is 0 Å². The smallest absolute Gasteiger partial charge is 0.326 e. The highest BCUT2D eigenvalue weighted by Crippen LogP contribution is 2.50. The molecule has 1 heterocycles. The molecule has 5 nitrogen and oxygen atoms in total. The lowest BCUT2D eigenvalue weighted by Crippen LogP contribution is -2.43. The third-order valence-electron chi connectivity index (χ3n) is 4.79. The van der Waals surface area contributed by atoms with E-state index in [1.807, 2.05) is 72.8 Å². The number of carbonyl (C=O) groups is 2. The van der Waals surface area contributed by atoms with E-state index in [9.17, 15) is 9.59 Å². The van der Waals surface area contributed by atoms with E-state index in [4.69, 9.17) is 14.2 Å². The second-order valence-corrected chi connectivity index (χ2v) is 6.39. The second-order valence-electron chi connectivity index (χ2n) is 6.39. The first-order valence-corrected chi connectivity index (χ1v) is 8.72. The number of rotatable bonds is 5. The molecule has 2 aromatic rings. The Kier molecular flexibility index (Phi) is 5.72. The van der Waals surface area contributed by atoms with Crippen LogP contribution in [0.3, 0.4) is 0 Å². The van der Waals surface area contributed by atoms with Gasteiger partial charge in [-0.2, -0.15) is 0 Å². The average molecular weight is 366 g/mol. The van der Waals surface area contributed by atoms with Crippen molar-refractivity contribution in [1.29, 1.82) is 0 Å². The molecule has 0 unspecified atom stereocenters. The topological polar surface area (TPSA) is 61.8 Å². The number of benzene rings is 2. The molecule has 2 aromatic carbocycles. The number of ether oxygens (including phenoxy) is 3. The number of methoxy groups -OCH3 is 2. The molecule has 2 atom stereocenters. The van der Waals surface area contributed by atoms with Crippen molar-refractivity contribution in [3.05, 3.63) is 77.9 Å². The van der Waals surface area contributed by atoms with Crippen molar-refractivity contribution in [2.75, 3.05) is 14.2 Å². The Morgan fingerprint density at radius 3 is 2.07 bits per heavy atom. The molecule has 27 heavy (non-hydrogen) atoms. The van der Waals surface area contributed by atoms with Gasteiger partial charge in [-0.1, -0.05) is 72.8 Å². The van der Waals surface area contributed by atoms with Crippen LogP contribution in [0, 0.1) is 5.41 Å². The van der Waals surface area contributed by atoms with Gasteiger partial charge in [-0.25, -0.2) is 0 Å². The number of hydrogen-bond donors (Lipinski definition) is 0. The zero-order chi connectivity index (χ0) is 19.3. The lowest BCUT2D eigenvalue weighted by molar-refractivity contribution is -0.173. The van der Waals surface area contributed by atoms with E-state index in [1.54, 1.807) is 0 Å². The van der Waals surface area contributed by atoms with Crippen LogP contribution in [0.5, 0.6) is 0 Å². The highest BCUT2D eigenvalue weighted by atomic mass is 16.6. The molecule has 1 aliphatic rings. The summed E-state index contributed by atoms with van der Waals surface area (Å²) in [6.07, 6.45) is 2.70. The summed E-state index contributed by atoms with van der Waals surface area (Å²) in [5.41, 5.74) is 0.186. The van der Waals surface area contributed by atoms with Crippen LogP contribution >= 0.6 is 0 Å². The number of hydrogen-bond acceptors (Lipinski definition) is 5. The standard InChI is InChI=1S/C22H22O5/c1-25-20(23)22(21(24)26-2)15-18(14-13-16-9-5-3-6-10-16)27-19(22)17-11-7-4-8-12-17/h3-14,18-19H,15H2,1-2H3/b14-13+/t18-,19+/m1/s1. The van der Waals surface area contributed by atoms with Gasteiger partial charge in [-0.3, -0.25) is 9.59 Å². The van der Waals surface area contributed by atoms with Gasteiger partial charge in [0.1, 0.15) is 6.10 Å². The van der Waals surface area contributed by atoms with Crippen molar-refractivity contribution < 1.29 is 23.8 Å². The Bertz CT molecular complexity index is 797. The van der Waals surface area contributed by atoms with Crippen LogP contribution in [-0.2, 0) is 23.8 Å². The Balaban J connectivity index is 1.99. The summed E-state index contributed by atoms with van der Waals surface area (Å²) in [5, 5.41) is 0. The largest absolute Gasteiger partial charge is 0.468 e. The number of esters is 2. The van der Waals surface area contributed by atoms with Gasteiger partial charge < -0.3 is 14.2 Å². The summed E-state index contributed by atoms with van der Waals surface area (Å²) >= 11 is 0. The maximum Gasteiger partial charge on any atom is 0.326 e. The van der Waals surface area contributed by atoms with Crippen LogP contribution < -0.4 is 0 Å². The fourth-order valence-corrected chi connectivity index (χ4v) is 3.48. The predicted octanol–water partition coefficient (Wildman–Crippen LogP) is 3.56. The highest BCUT2D eigenvalue weighted by Gasteiger charge is 2.61. The van der Waals surface area contributed by atoms with Gasteiger partial charge in [-0.05, 0) is 11.1 Å². The van der Waals surface area contributed by atoms with Crippen molar-refractivity contribution in [3.8, 4) is 0 Å². The molecule has 0 aliphatic carbocycles. The molecule has 0 amide bonds. The van der Waals surface area contributed by atoms with Crippen molar-refractivity contribution in [2.24, 2.45) is 5.41 Å². The molecule has 3 rings (SSSR count). The molecule has 1 aliphatic heterocycles. The fraction of sp³-hybridized carbons (Fsp3) is 0.273. The lowest BCUT2D eigenvalue weighted by Gasteiger charge is -2.28. The summed E-state index contributed by atoms with van der Waals surface area (Å²) in [4.78, 5) is 25.4. The van der Waals surface area contributed by atoms with E-state index in [-0.39, 0.29) is 6.42 Å². The maximum atomic E-state index is 12.7. The normalized spacial score (nSPS) is 21.1. The zero-order valence-corrected chi connectivity index (χ0v) is 15.3. The molecule has 0 saturated carbocycles.